The van der Waals surface area contributed by atoms with Crippen LogP contribution < -0.4 is 10.1 Å². The van der Waals surface area contributed by atoms with Crippen LogP contribution >= 0.6 is 0 Å². The quantitative estimate of drug-likeness (QED) is 0.837. The van der Waals surface area contributed by atoms with Crippen LogP contribution in [0.4, 0.5) is 14.5 Å². The molecule has 1 N–H and O–H groups in total. The molecular formula is C18H18F2N2O3. The topological polar surface area (TPSA) is 58.6 Å². The fourth-order valence-electron chi connectivity index (χ4n) is 2.10. The summed E-state index contributed by atoms with van der Waals surface area (Å²) in [7, 11) is 0. The summed E-state index contributed by atoms with van der Waals surface area (Å²) in [6, 6.07) is 12.0. The number of hydrogen-bond donors (Lipinski definition) is 1. The van der Waals surface area contributed by atoms with Gasteiger partial charge in [0.25, 0.3) is 5.91 Å². The third-order valence-corrected chi connectivity index (χ3v) is 3.40. The molecule has 0 aromatic heterocycles. The van der Waals surface area contributed by atoms with Gasteiger partial charge in [0.15, 0.2) is 6.61 Å². The highest BCUT2D eigenvalue weighted by molar-refractivity contribution is 5.94. The smallest absolute Gasteiger partial charge is 0.260 e. The lowest BCUT2D eigenvalue weighted by molar-refractivity contribution is -0.136. The van der Waals surface area contributed by atoms with E-state index in [0.717, 1.165) is 12.1 Å². The van der Waals surface area contributed by atoms with Gasteiger partial charge in [0.1, 0.15) is 23.1 Å². The van der Waals surface area contributed by atoms with Gasteiger partial charge < -0.3 is 15.0 Å². The van der Waals surface area contributed by atoms with Crippen molar-refractivity contribution < 1.29 is 23.1 Å². The number of hydrogen-bond acceptors (Lipinski definition) is 3. The predicted molar refractivity (Wildman–Crippen MR) is 89.2 cm³/mol. The number of benzene rings is 2. The highest BCUT2D eigenvalue weighted by atomic mass is 19.1. The van der Waals surface area contributed by atoms with Crippen molar-refractivity contribution in [1.82, 2.24) is 4.90 Å². The molecule has 0 saturated heterocycles. The Hall–Kier alpha value is -2.96. The van der Waals surface area contributed by atoms with Gasteiger partial charge in [-0.05, 0) is 31.2 Å². The largest absolute Gasteiger partial charge is 0.484 e. The number of carbonyl (C=O) groups is 2. The van der Waals surface area contributed by atoms with Gasteiger partial charge in [-0.15, -0.1) is 0 Å². The average molecular weight is 348 g/mol. The molecule has 2 aromatic carbocycles. The Morgan fingerprint density at radius 3 is 2.28 bits per heavy atom. The number of ether oxygens (including phenoxy) is 1. The first-order valence-electron chi connectivity index (χ1n) is 7.70. The Balaban J connectivity index is 1.91. The third-order valence-electron chi connectivity index (χ3n) is 3.40. The molecule has 132 valence electrons. The van der Waals surface area contributed by atoms with Gasteiger partial charge in [0.2, 0.25) is 5.91 Å². The lowest BCUT2D eigenvalue weighted by Gasteiger charge is -2.20. The summed E-state index contributed by atoms with van der Waals surface area (Å²) >= 11 is 0. The van der Waals surface area contributed by atoms with E-state index in [9.17, 15) is 18.4 Å². The molecule has 0 aliphatic carbocycles. The van der Waals surface area contributed by atoms with Crippen LogP contribution in [-0.4, -0.2) is 36.4 Å². The van der Waals surface area contributed by atoms with Crippen LogP contribution in [-0.2, 0) is 9.59 Å². The third kappa shape index (κ3) is 5.27. The van der Waals surface area contributed by atoms with Crippen molar-refractivity contribution in [2.75, 3.05) is 25.0 Å². The minimum absolute atomic E-state index is 0.237. The first-order valence-corrected chi connectivity index (χ1v) is 7.70. The Bertz CT molecular complexity index is 718. The normalized spacial score (nSPS) is 10.2. The second-order valence-corrected chi connectivity index (χ2v) is 5.15. The average Bonchev–Trinajstić information content (AvgIpc) is 2.61. The Labute approximate surface area is 144 Å². The zero-order valence-electron chi connectivity index (χ0n) is 13.7. The molecule has 2 aromatic rings. The molecule has 0 fully saturated rings. The number of rotatable bonds is 7. The van der Waals surface area contributed by atoms with Gasteiger partial charge in [0, 0.05) is 6.54 Å². The first-order chi connectivity index (χ1) is 12.0. The van der Waals surface area contributed by atoms with E-state index in [1.54, 1.807) is 31.2 Å². The van der Waals surface area contributed by atoms with Crippen molar-refractivity contribution in [3.8, 4) is 5.75 Å². The molecule has 7 heteroatoms. The first kappa shape index (κ1) is 18.4. The van der Waals surface area contributed by atoms with Gasteiger partial charge in [0.05, 0.1) is 6.54 Å². The van der Waals surface area contributed by atoms with Crippen molar-refractivity contribution >= 4 is 17.5 Å². The Morgan fingerprint density at radius 2 is 1.68 bits per heavy atom. The molecule has 0 heterocycles. The molecule has 0 atom stereocenters. The van der Waals surface area contributed by atoms with Gasteiger partial charge in [-0.25, -0.2) is 8.78 Å². The Kier molecular flexibility index (Phi) is 6.45. The van der Waals surface area contributed by atoms with Crippen LogP contribution in [0.2, 0.25) is 0 Å². The van der Waals surface area contributed by atoms with Crippen molar-refractivity contribution in [2.24, 2.45) is 0 Å². The zero-order valence-corrected chi connectivity index (χ0v) is 13.7. The summed E-state index contributed by atoms with van der Waals surface area (Å²) in [5.41, 5.74) is -0.531. The molecule has 0 aliphatic rings. The molecule has 2 rings (SSSR count). The van der Waals surface area contributed by atoms with E-state index < -0.39 is 29.1 Å². The van der Waals surface area contributed by atoms with Gasteiger partial charge in [-0.1, -0.05) is 24.3 Å². The van der Waals surface area contributed by atoms with E-state index in [4.69, 9.17) is 4.74 Å². The monoisotopic (exact) mass is 348 g/mol. The molecule has 0 unspecified atom stereocenters. The van der Waals surface area contributed by atoms with Crippen molar-refractivity contribution in [1.29, 1.82) is 0 Å². The number of likely N-dealkylation sites (N-methyl/N-ethyl adjacent to an activating group) is 1. The van der Waals surface area contributed by atoms with E-state index in [2.05, 4.69) is 5.32 Å². The molecule has 25 heavy (non-hydrogen) atoms. The summed E-state index contributed by atoms with van der Waals surface area (Å²) in [6.07, 6.45) is 0. The van der Waals surface area contributed by atoms with Gasteiger partial charge in [-0.3, -0.25) is 9.59 Å². The van der Waals surface area contributed by atoms with Crippen LogP contribution in [0, 0.1) is 11.6 Å². The minimum Gasteiger partial charge on any atom is -0.484 e. The van der Waals surface area contributed by atoms with Gasteiger partial charge in [-0.2, -0.15) is 0 Å². The molecule has 0 aliphatic heterocycles. The van der Waals surface area contributed by atoms with E-state index >= 15 is 0 Å². The molecule has 2 amide bonds. The van der Waals surface area contributed by atoms with Crippen LogP contribution in [0.25, 0.3) is 0 Å². The number of carbonyl (C=O) groups excluding carboxylic acids is 2. The highest BCUT2D eigenvalue weighted by Gasteiger charge is 2.18. The second kappa shape index (κ2) is 8.77. The lowest BCUT2D eigenvalue weighted by atomic mass is 10.3. The standard InChI is InChI=1S/C18H18F2N2O3/c1-2-22(17(24)12-25-13-7-4-3-5-8-13)11-16(23)21-18-14(19)9-6-10-15(18)20/h3-10H,2,11-12H2,1H3,(H,21,23). The van der Waals surface area contributed by atoms with E-state index in [-0.39, 0.29) is 19.7 Å². The molecule has 0 bridgehead atoms. The maximum atomic E-state index is 13.5. The number of nitrogens with one attached hydrogen (secondary N) is 1. The zero-order chi connectivity index (χ0) is 18.2. The predicted octanol–water partition coefficient (Wildman–Crippen LogP) is 2.83. The van der Waals surface area contributed by atoms with Crippen LogP contribution in [0.3, 0.4) is 0 Å². The summed E-state index contributed by atoms with van der Waals surface area (Å²) in [4.78, 5) is 25.4. The fourth-order valence-corrected chi connectivity index (χ4v) is 2.10. The van der Waals surface area contributed by atoms with Crippen molar-refractivity contribution in [3.63, 3.8) is 0 Å². The summed E-state index contributed by atoms with van der Waals surface area (Å²) in [5, 5.41) is 2.15. The van der Waals surface area contributed by atoms with Crippen LogP contribution in [0.1, 0.15) is 6.92 Å². The maximum Gasteiger partial charge on any atom is 0.260 e. The van der Waals surface area contributed by atoms with Crippen molar-refractivity contribution in [2.45, 2.75) is 6.92 Å². The number of anilines is 1. The minimum atomic E-state index is -0.880. The SMILES string of the molecule is CCN(CC(=O)Nc1c(F)cccc1F)C(=O)COc1ccccc1. The van der Waals surface area contributed by atoms with E-state index in [0.29, 0.717) is 5.75 Å². The van der Waals surface area contributed by atoms with Gasteiger partial charge >= 0.3 is 0 Å². The summed E-state index contributed by atoms with van der Waals surface area (Å²) in [5.74, 6) is -2.33. The molecule has 0 saturated carbocycles. The Morgan fingerprint density at radius 1 is 1.04 bits per heavy atom. The molecule has 0 radical (unpaired) electrons. The van der Waals surface area contributed by atoms with Crippen LogP contribution in [0.5, 0.6) is 5.75 Å². The highest BCUT2D eigenvalue weighted by Crippen LogP contribution is 2.17. The van der Waals surface area contributed by atoms with E-state index in [1.807, 2.05) is 6.07 Å². The number of nitrogens with zero attached hydrogens (tertiary/aromatic N) is 1. The number of para-hydroxylation sites is 2. The second-order valence-electron chi connectivity index (χ2n) is 5.15. The van der Waals surface area contributed by atoms with Crippen LogP contribution in [0.15, 0.2) is 48.5 Å². The fraction of sp³-hybridized carbons (Fsp3) is 0.222. The number of halogens is 2. The van der Waals surface area contributed by atoms with Crippen molar-refractivity contribution in [3.05, 3.63) is 60.2 Å². The summed E-state index contributed by atoms with van der Waals surface area (Å²) < 4.78 is 32.4. The molecular weight excluding hydrogens is 330 g/mol. The maximum absolute atomic E-state index is 13.5. The summed E-state index contributed by atoms with van der Waals surface area (Å²) in [6.45, 7) is 1.38. The molecule has 5 nitrogen and oxygen atoms in total. The molecule has 0 spiro atoms. The lowest BCUT2D eigenvalue weighted by Crippen LogP contribution is -2.40. The number of amides is 2. The van der Waals surface area contributed by atoms with E-state index in [1.165, 1.54) is 11.0 Å².